The monoisotopic (exact) mass is 249 g/mol. The quantitative estimate of drug-likeness (QED) is 0.885. The molecular weight excluding hydrogens is 236 g/mol. The lowest BCUT2D eigenvalue weighted by Crippen LogP contribution is -2.13. The lowest BCUT2D eigenvalue weighted by Gasteiger charge is -2.07. The van der Waals surface area contributed by atoms with E-state index in [4.69, 9.17) is 0 Å². The summed E-state index contributed by atoms with van der Waals surface area (Å²) >= 11 is 0. The Balaban J connectivity index is 1.89. The third-order valence-corrected chi connectivity index (χ3v) is 3.26. The van der Waals surface area contributed by atoms with Gasteiger partial charge in [0.2, 0.25) is 0 Å². The van der Waals surface area contributed by atoms with Crippen LogP contribution in [0, 0.1) is 11.6 Å². The second-order valence-electron chi connectivity index (χ2n) is 4.48. The molecule has 1 unspecified atom stereocenters. The lowest BCUT2D eigenvalue weighted by atomic mass is 10.1. The standard InChI is InChI=1S/C13H13F2N3/c14-12-2-1-9(5-13(12)15)10-6-17-18(8-10)11-3-4-16-7-11/h1-2,5-6,8,11,16H,3-4,7H2. The number of nitrogens with zero attached hydrogens (tertiary/aromatic N) is 2. The highest BCUT2D eigenvalue weighted by Crippen LogP contribution is 2.23. The Labute approximate surface area is 103 Å². The molecule has 0 bridgehead atoms. The molecule has 94 valence electrons. The predicted octanol–water partition coefficient (Wildman–Crippen LogP) is 2.36. The first-order valence-electron chi connectivity index (χ1n) is 5.94. The summed E-state index contributed by atoms with van der Waals surface area (Å²) in [5, 5.41) is 7.55. The Bertz CT molecular complexity index is 559. The van der Waals surface area contributed by atoms with Crippen LogP contribution in [0.3, 0.4) is 0 Å². The van der Waals surface area contributed by atoms with Crippen molar-refractivity contribution in [1.29, 1.82) is 0 Å². The molecule has 1 aliphatic rings. The summed E-state index contributed by atoms with van der Waals surface area (Å²) in [6, 6.07) is 4.25. The lowest BCUT2D eigenvalue weighted by molar-refractivity contribution is 0.491. The SMILES string of the molecule is Fc1ccc(-c2cnn(C3CCNC3)c2)cc1F. The van der Waals surface area contributed by atoms with Gasteiger partial charge in [0, 0.05) is 18.3 Å². The molecule has 0 amide bonds. The molecule has 2 aromatic rings. The maximum absolute atomic E-state index is 13.2. The Hall–Kier alpha value is -1.75. The molecule has 3 nitrogen and oxygen atoms in total. The van der Waals surface area contributed by atoms with Gasteiger partial charge < -0.3 is 5.32 Å². The molecule has 0 spiro atoms. The first-order chi connectivity index (χ1) is 8.74. The van der Waals surface area contributed by atoms with E-state index < -0.39 is 11.6 Å². The van der Waals surface area contributed by atoms with Crippen molar-refractivity contribution < 1.29 is 8.78 Å². The van der Waals surface area contributed by atoms with Crippen LogP contribution in [0.4, 0.5) is 8.78 Å². The van der Waals surface area contributed by atoms with Crippen LogP contribution in [0.1, 0.15) is 12.5 Å². The van der Waals surface area contributed by atoms with Crippen molar-refractivity contribution in [3.63, 3.8) is 0 Å². The fraction of sp³-hybridized carbons (Fsp3) is 0.308. The van der Waals surface area contributed by atoms with Gasteiger partial charge in [0.1, 0.15) is 0 Å². The molecule has 1 atom stereocenters. The number of hydrogen-bond donors (Lipinski definition) is 1. The first kappa shape index (κ1) is 11.3. The third-order valence-electron chi connectivity index (χ3n) is 3.26. The van der Waals surface area contributed by atoms with Crippen molar-refractivity contribution in [2.45, 2.75) is 12.5 Å². The maximum Gasteiger partial charge on any atom is 0.159 e. The summed E-state index contributed by atoms with van der Waals surface area (Å²) < 4.78 is 27.9. The van der Waals surface area contributed by atoms with E-state index >= 15 is 0 Å². The zero-order valence-corrected chi connectivity index (χ0v) is 9.74. The van der Waals surface area contributed by atoms with E-state index in [1.165, 1.54) is 6.07 Å². The summed E-state index contributed by atoms with van der Waals surface area (Å²) in [5.41, 5.74) is 1.45. The molecule has 5 heteroatoms. The first-order valence-corrected chi connectivity index (χ1v) is 5.94. The molecule has 0 aliphatic carbocycles. The Morgan fingerprint density at radius 3 is 2.83 bits per heavy atom. The number of hydrogen-bond acceptors (Lipinski definition) is 2. The van der Waals surface area contributed by atoms with Gasteiger partial charge in [-0.15, -0.1) is 0 Å². The van der Waals surface area contributed by atoms with Crippen LogP contribution in [0.5, 0.6) is 0 Å². The summed E-state index contributed by atoms with van der Waals surface area (Å²) in [7, 11) is 0. The molecule has 0 radical (unpaired) electrons. The summed E-state index contributed by atoms with van der Waals surface area (Å²) in [6.45, 7) is 1.89. The molecule has 3 rings (SSSR count). The molecule has 1 saturated heterocycles. The van der Waals surface area contributed by atoms with Gasteiger partial charge in [-0.25, -0.2) is 8.78 Å². The van der Waals surface area contributed by atoms with E-state index in [-0.39, 0.29) is 0 Å². The van der Waals surface area contributed by atoms with E-state index in [2.05, 4.69) is 10.4 Å². The number of nitrogens with one attached hydrogen (secondary N) is 1. The fourth-order valence-corrected chi connectivity index (χ4v) is 2.23. The van der Waals surface area contributed by atoms with Crippen LogP contribution < -0.4 is 5.32 Å². The second kappa shape index (κ2) is 4.49. The van der Waals surface area contributed by atoms with E-state index in [1.807, 2.05) is 10.9 Å². The molecule has 1 fully saturated rings. The van der Waals surface area contributed by atoms with Crippen molar-refractivity contribution in [3.8, 4) is 11.1 Å². The molecule has 0 saturated carbocycles. The van der Waals surface area contributed by atoms with Crippen LogP contribution in [-0.2, 0) is 0 Å². The van der Waals surface area contributed by atoms with Crippen LogP contribution in [0.2, 0.25) is 0 Å². The van der Waals surface area contributed by atoms with Gasteiger partial charge in [0.25, 0.3) is 0 Å². The Morgan fingerprint density at radius 1 is 1.22 bits per heavy atom. The van der Waals surface area contributed by atoms with Crippen molar-refractivity contribution in [2.24, 2.45) is 0 Å². The summed E-state index contributed by atoms with van der Waals surface area (Å²) in [6.07, 6.45) is 4.61. The number of rotatable bonds is 2. The topological polar surface area (TPSA) is 29.9 Å². The van der Waals surface area contributed by atoms with Crippen molar-refractivity contribution in [2.75, 3.05) is 13.1 Å². The summed E-state index contributed by atoms with van der Waals surface area (Å²) in [4.78, 5) is 0. The van der Waals surface area contributed by atoms with Crippen LogP contribution in [0.25, 0.3) is 11.1 Å². The average molecular weight is 249 g/mol. The molecule has 2 heterocycles. The molecule has 1 aromatic carbocycles. The minimum atomic E-state index is -0.831. The van der Waals surface area contributed by atoms with E-state index in [0.717, 1.165) is 31.1 Å². The highest BCUT2D eigenvalue weighted by Gasteiger charge is 2.17. The van der Waals surface area contributed by atoms with Gasteiger partial charge in [-0.3, -0.25) is 4.68 Å². The van der Waals surface area contributed by atoms with Crippen molar-refractivity contribution in [3.05, 3.63) is 42.2 Å². The number of benzene rings is 1. The Kier molecular flexibility index (Phi) is 2.83. The number of halogens is 2. The minimum Gasteiger partial charge on any atom is -0.315 e. The molecule has 1 aromatic heterocycles. The largest absolute Gasteiger partial charge is 0.315 e. The highest BCUT2D eigenvalue weighted by atomic mass is 19.2. The number of aromatic nitrogens is 2. The second-order valence-corrected chi connectivity index (χ2v) is 4.48. The van der Waals surface area contributed by atoms with Crippen LogP contribution in [-0.4, -0.2) is 22.9 Å². The van der Waals surface area contributed by atoms with Crippen LogP contribution >= 0.6 is 0 Å². The average Bonchev–Trinajstić information content (AvgIpc) is 3.01. The van der Waals surface area contributed by atoms with E-state index in [0.29, 0.717) is 11.6 Å². The normalized spacial score (nSPS) is 19.3. The zero-order valence-electron chi connectivity index (χ0n) is 9.74. The van der Waals surface area contributed by atoms with E-state index in [9.17, 15) is 8.78 Å². The highest BCUT2D eigenvalue weighted by molar-refractivity contribution is 5.61. The van der Waals surface area contributed by atoms with Gasteiger partial charge in [-0.05, 0) is 30.7 Å². The van der Waals surface area contributed by atoms with Gasteiger partial charge in [0.05, 0.1) is 12.2 Å². The summed E-state index contributed by atoms with van der Waals surface area (Å²) in [5.74, 6) is -1.66. The molecule has 1 aliphatic heterocycles. The third kappa shape index (κ3) is 2.01. The predicted molar refractivity (Wildman–Crippen MR) is 64.1 cm³/mol. The zero-order chi connectivity index (χ0) is 12.5. The van der Waals surface area contributed by atoms with Gasteiger partial charge in [0.15, 0.2) is 11.6 Å². The van der Waals surface area contributed by atoms with Gasteiger partial charge in [-0.1, -0.05) is 6.07 Å². The molecular formula is C13H13F2N3. The molecule has 1 N–H and O–H groups in total. The van der Waals surface area contributed by atoms with Gasteiger partial charge >= 0.3 is 0 Å². The Morgan fingerprint density at radius 2 is 2.11 bits per heavy atom. The van der Waals surface area contributed by atoms with E-state index in [1.54, 1.807) is 12.3 Å². The van der Waals surface area contributed by atoms with Crippen molar-refractivity contribution in [1.82, 2.24) is 15.1 Å². The van der Waals surface area contributed by atoms with Gasteiger partial charge in [-0.2, -0.15) is 5.10 Å². The molecule has 18 heavy (non-hydrogen) atoms. The fourth-order valence-electron chi connectivity index (χ4n) is 2.23. The van der Waals surface area contributed by atoms with Crippen LogP contribution in [0.15, 0.2) is 30.6 Å². The minimum absolute atomic E-state index is 0.351. The smallest absolute Gasteiger partial charge is 0.159 e. The van der Waals surface area contributed by atoms with Crippen molar-refractivity contribution >= 4 is 0 Å². The maximum atomic E-state index is 13.2.